The highest BCUT2D eigenvalue weighted by molar-refractivity contribution is 5.95. The van der Waals surface area contributed by atoms with Gasteiger partial charge in [-0.05, 0) is 31.4 Å². The SMILES string of the molecule is CCCN(C(=O)c1ccc(O)cc1F)C1CC1. The molecule has 0 unspecified atom stereocenters. The highest BCUT2D eigenvalue weighted by Gasteiger charge is 2.33. The molecule has 0 heterocycles. The summed E-state index contributed by atoms with van der Waals surface area (Å²) in [5.41, 5.74) is 0.0446. The van der Waals surface area contributed by atoms with E-state index in [9.17, 15) is 9.18 Å². The van der Waals surface area contributed by atoms with Crippen LogP contribution in [-0.4, -0.2) is 28.5 Å². The summed E-state index contributed by atoms with van der Waals surface area (Å²) in [6.45, 7) is 2.65. The molecule has 1 aromatic rings. The van der Waals surface area contributed by atoms with Crippen molar-refractivity contribution in [3.8, 4) is 5.75 Å². The van der Waals surface area contributed by atoms with Crippen LogP contribution in [0.15, 0.2) is 18.2 Å². The number of hydrogen-bond acceptors (Lipinski definition) is 2. The normalized spacial score (nSPS) is 14.7. The Kier molecular flexibility index (Phi) is 3.31. The van der Waals surface area contributed by atoms with Gasteiger partial charge in [0.05, 0.1) is 5.56 Å². The summed E-state index contributed by atoms with van der Waals surface area (Å²) in [4.78, 5) is 13.9. The van der Waals surface area contributed by atoms with E-state index in [1.54, 1.807) is 4.90 Å². The molecular formula is C13H16FNO2. The van der Waals surface area contributed by atoms with Gasteiger partial charge in [-0.25, -0.2) is 4.39 Å². The number of amides is 1. The van der Waals surface area contributed by atoms with E-state index in [0.29, 0.717) is 6.54 Å². The summed E-state index contributed by atoms with van der Waals surface area (Å²) in [5, 5.41) is 9.12. The topological polar surface area (TPSA) is 40.5 Å². The summed E-state index contributed by atoms with van der Waals surface area (Å²) in [5.74, 6) is -1.09. The van der Waals surface area contributed by atoms with E-state index >= 15 is 0 Å². The van der Waals surface area contributed by atoms with Crippen LogP contribution in [0.25, 0.3) is 0 Å². The van der Waals surface area contributed by atoms with Crippen molar-refractivity contribution in [3.63, 3.8) is 0 Å². The molecule has 1 saturated carbocycles. The first-order chi connectivity index (χ1) is 8.13. The second-order valence-corrected chi connectivity index (χ2v) is 4.39. The molecule has 0 spiro atoms. The minimum Gasteiger partial charge on any atom is -0.508 e. The van der Waals surface area contributed by atoms with E-state index in [4.69, 9.17) is 5.11 Å². The lowest BCUT2D eigenvalue weighted by Gasteiger charge is -2.22. The van der Waals surface area contributed by atoms with Crippen molar-refractivity contribution in [2.24, 2.45) is 0 Å². The first-order valence-electron chi connectivity index (χ1n) is 5.93. The van der Waals surface area contributed by atoms with Gasteiger partial charge in [-0.3, -0.25) is 4.79 Å². The van der Waals surface area contributed by atoms with Crippen LogP contribution in [0.5, 0.6) is 5.75 Å². The van der Waals surface area contributed by atoms with Gasteiger partial charge in [0.15, 0.2) is 0 Å². The molecule has 1 aliphatic carbocycles. The third kappa shape index (κ3) is 2.57. The number of aromatic hydroxyl groups is 1. The number of hydrogen-bond donors (Lipinski definition) is 1. The molecule has 0 radical (unpaired) electrons. The average Bonchev–Trinajstić information content (AvgIpc) is 3.09. The first-order valence-corrected chi connectivity index (χ1v) is 5.93. The molecule has 0 aliphatic heterocycles. The number of halogens is 1. The highest BCUT2D eigenvalue weighted by atomic mass is 19.1. The fourth-order valence-electron chi connectivity index (χ4n) is 1.91. The van der Waals surface area contributed by atoms with Crippen LogP contribution in [0.2, 0.25) is 0 Å². The van der Waals surface area contributed by atoms with Crippen molar-refractivity contribution in [2.75, 3.05) is 6.54 Å². The zero-order valence-corrected chi connectivity index (χ0v) is 9.82. The van der Waals surface area contributed by atoms with E-state index in [2.05, 4.69) is 0 Å². The number of benzene rings is 1. The number of rotatable bonds is 4. The summed E-state index contributed by atoms with van der Waals surface area (Å²) in [6, 6.07) is 3.94. The third-order valence-electron chi connectivity index (χ3n) is 2.90. The molecule has 3 nitrogen and oxygen atoms in total. The molecule has 1 fully saturated rings. The van der Waals surface area contributed by atoms with Crippen LogP contribution in [0.1, 0.15) is 36.5 Å². The second kappa shape index (κ2) is 4.73. The fraction of sp³-hybridized carbons (Fsp3) is 0.462. The number of nitrogens with zero attached hydrogens (tertiary/aromatic N) is 1. The molecule has 92 valence electrons. The third-order valence-corrected chi connectivity index (χ3v) is 2.90. The van der Waals surface area contributed by atoms with E-state index in [-0.39, 0.29) is 23.3 Å². The van der Waals surface area contributed by atoms with Crippen molar-refractivity contribution < 1.29 is 14.3 Å². The minimum atomic E-state index is -0.656. The summed E-state index contributed by atoms with van der Waals surface area (Å²) < 4.78 is 13.6. The zero-order chi connectivity index (χ0) is 12.4. The molecule has 0 aromatic heterocycles. The largest absolute Gasteiger partial charge is 0.508 e. The molecule has 0 atom stereocenters. The molecule has 2 rings (SSSR count). The lowest BCUT2D eigenvalue weighted by atomic mass is 10.1. The lowest BCUT2D eigenvalue weighted by molar-refractivity contribution is 0.0738. The molecule has 1 aromatic carbocycles. The maximum atomic E-state index is 13.6. The minimum absolute atomic E-state index is 0.0446. The Morgan fingerprint density at radius 2 is 2.24 bits per heavy atom. The molecule has 0 saturated heterocycles. The maximum absolute atomic E-state index is 13.6. The standard InChI is InChI=1S/C13H16FNO2/c1-2-7-15(9-3-4-9)13(17)11-6-5-10(16)8-12(11)14/h5-6,8-9,16H,2-4,7H2,1H3. The Bertz CT molecular complexity index is 429. The van der Waals surface area contributed by atoms with Gasteiger partial charge in [-0.1, -0.05) is 6.92 Å². The average molecular weight is 237 g/mol. The van der Waals surface area contributed by atoms with Crippen LogP contribution < -0.4 is 0 Å². The van der Waals surface area contributed by atoms with Crippen LogP contribution in [0.4, 0.5) is 4.39 Å². The van der Waals surface area contributed by atoms with Crippen LogP contribution in [0, 0.1) is 5.82 Å². The number of carbonyl (C=O) groups is 1. The summed E-state index contributed by atoms with van der Waals surface area (Å²) >= 11 is 0. The van der Waals surface area contributed by atoms with Crippen LogP contribution in [-0.2, 0) is 0 Å². The van der Waals surface area contributed by atoms with Crippen LogP contribution in [0.3, 0.4) is 0 Å². The Labute approximate surface area is 99.9 Å². The molecule has 4 heteroatoms. The molecule has 0 bridgehead atoms. The van der Waals surface area contributed by atoms with Gasteiger partial charge in [-0.15, -0.1) is 0 Å². The van der Waals surface area contributed by atoms with Crippen molar-refractivity contribution >= 4 is 5.91 Å². The summed E-state index contributed by atoms with van der Waals surface area (Å²) in [7, 11) is 0. The van der Waals surface area contributed by atoms with Crippen molar-refractivity contribution in [1.82, 2.24) is 4.90 Å². The maximum Gasteiger partial charge on any atom is 0.257 e. The molecule has 1 N–H and O–H groups in total. The van der Waals surface area contributed by atoms with Crippen molar-refractivity contribution in [2.45, 2.75) is 32.2 Å². The molecule has 1 aliphatic rings. The van der Waals surface area contributed by atoms with Gasteiger partial charge in [0.2, 0.25) is 0 Å². The van der Waals surface area contributed by atoms with Gasteiger partial charge >= 0.3 is 0 Å². The van der Waals surface area contributed by atoms with Gasteiger partial charge in [0.25, 0.3) is 5.91 Å². The lowest BCUT2D eigenvalue weighted by Crippen LogP contribution is -2.34. The van der Waals surface area contributed by atoms with E-state index in [1.165, 1.54) is 12.1 Å². The second-order valence-electron chi connectivity index (χ2n) is 4.39. The quantitative estimate of drug-likeness (QED) is 0.874. The Morgan fingerprint density at radius 3 is 2.76 bits per heavy atom. The van der Waals surface area contributed by atoms with E-state index < -0.39 is 5.82 Å². The van der Waals surface area contributed by atoms with Crippen LogP contribution >= 0.6 is 0 Å². The number of phenolic OH excluding ortho intramolecular Hbond substituents is 1. The Morgan fingerprint density at radius 1 is 1.53 bits per heavy atom. The van der Waals surface area contributed by atoms with E-state index in [1.807, 2.05) is 6.92 Å². The summed E-state index contributed by atoms with van der Waals surface area (Å²) in [6.07, 6.45) is 2.87. The molecule has 17 heavy (non-hydrogen) atoms. The fourth-order valence-corrected chi connectivity index (χ4v) is 1.91. The number of phenols is 1. The smallest absolute Gasteiger partial charge is 0.257 e. The molecule has 1 amide bonds. The number of carbonyl (C=O) groups excluding carboxylic acids is 1. The Hall–Kier alpha value is -1.58. The van der Waals surface area contributed by atoms with Gasteiger partial charge < -0.3 is 10.0 Å². The van der Waals surface area contributed by atoms with Crippen molar-refractivity contribution in [1.29, 1.82) is 0 Å². The highest BCUT2D eigenvalue weighted by Crippen LogP contribution is 2.29. The zero-order valence-electron chi connectivity index (χ0n) is 9.82. The van der Waals surface area contributed by atoms with E-state index in [0.717, 1.165) is 25.3 Å². The molecular weight excluding hydrogens is 221 g/mol. The predicted molar refractivity (Wildman–Crippen MR) is 62.4 cm³/mol. The first kappa shape index (κ1) is 11.9. The predicted octanol–water partition coefficient (Wildman–Crippen LogP) is 2.55. The van der Waals surface area contributed by atoms with Gasteiger partial charge in [0.1, 0.15) is 11.6 Å². The van der Waals surface area contributed by atoms with Gasteiger partial charge in [-0.2, -0.15) is 0 Å². The monoisotopic (exact) mass is 237 g/mol. The Balaban J connectivity index is 2.22. The van der Waals surface area contributed by atoms with Gasteiger partial charge in [0, 0.05) is 18.7 Å². The van der Waals surface area contributed by atoms with Crippen molar-refractivity contribution in [3.05, 3.63) is 29.6 Å².